The number of halogens is 2. The van der Waals surface area contributed by atoms with Crippen LogP contribution in [0.2, 0.25) is 5.02 Å². The summed E-state index contributed by atoms with van der Waals surface area (Å²) in [6, 6.07) is 5.36. The van der Waals surface area contributed by atoms with E-state index in [2.05, 4.69) is 20.9 Å². The van der Waals surface area contributed by atoms with Crippen molar-refractivity contribution >= 4 is 44.4 Å². The molecule has 0 aliphatic heterocycles. The van der Waals surface area contributed by atoms with E-state index in [4.69, 9.17) is 21.1 Å². The minimum atomic E-state index is -0.514. The van der Waals surface area contributed by atoms with Crippen LogP contribution in [0.25, 0.3) is 10.9 Å². The third-order valence-electron chi connectivity index (χ3n) is 2.57. The van der Waals surface area contributed by atoms with Crippen molar-refractivity contribution in [2.75, 3.05) is 13.7 Å². The van der Waals surface area contributed by atoms with E-state index in [1.54, 1.807) is 25.1 Å². The Morgan fingerprint density at radius 2 is 2.21 bits per heavy atom. The van der Waals surface area contributed by atoms with Gasteiger partial charge in [-0.15, -0.1) is 0 Å². The molecule has 1 aromatic carbocycles. The number of hydrogen-bond acceptors (Lipinski definition) is 4. The first-order valence-electron chi connectivity index (χ1n) is 5.59. The van der Waals surface area contributed by atoms with Gasteiger partial charge < -0.3 is 9.47 Å². The average Bonchev–Trinajstić information content (AvgIpc) is 2.38. The highest BCUT2D eigenvalue weighted by atomic mass is 79.9. The molecule has 0 aliphatic rings. The molecule has 0 saturated carbocycles. The highest BCUT2D eigenvalue weighted by Gasteiger charge is 2.21. The first kappa shape index (κ1) is 14.1. The smallest absolute Gasteiger partial charge is 0.342 e. The van der Waals surface area contributed by atoms with Crippen LogP contribution < -0.4 is 4.74 Å². The van der Waals surface area contributed by atoms with Gasteiger partial charge in [0.25, 0.3) is 0 Å². The number of ether oxygens (including phenoxy) is 2. The molecule has 1 heterocycles. The summed E-state index contributed by atoms with van der Waals surface area (Å²) in [5, 5.41) is 0.866. The molecule has 2 rings (SSSR count). The molecule has 0 amide bonds. The fraction of sp³-hybridized carbons (Fsp3) is 0.231. The summed E-state index contributed by atoms with van der Waals surface area (Å²) in [6.45, 7) is 2.00. The van der Waals surface area contributed by atoms with E-state index in [0.29, 0.717) is 21.3 Å². The Morgan fingerprint density at radius 1 is 1.47 bits per heavy atom. The normalized spacial score (nSPS) is 10.5. The number of pyridine rings is 1. The summed E-state index contributed by atoms with van der Waals surface area (Å²) in [5.74, 6) is 0.0488. The maximum atomic E-state index is 11.9. The van der Waals surface area contributed by atoms with E-state index in [9.17, 15) is 4.79 Å². The zero-order chi connectivity index (χ0) is 14.0. The number of benzene rings is 1. The number of esters is 1. The molecule has 0 saturated heterocycles. The van der Waals surface area contributed by atoms with Crippen LogP contribution in [0, 0.1) is 0 Å². The monoisotopic (exact) mass is 343 g/mol. The van der Waals surface area contributed by atoms with Crippen molar-refractivity contribution < 1.29 is 14.3 Å². The van der Waals surface area contributed by atoms with Crippen LogP contribution in [0.1, 0.15) is 17.3 Å². The molecule has 1 aromatic heterocycles. The second-order valence-corrected chi connectivity index (χ2v) is 4.80. The van der Waals surface area contributed by atoms with Gasteiger partial charge in [-0.2, -0.15) is 0 Å². The van der Waals surface area contributed by atoms with Gasteiger partial charge in [-0.3, -0.25) is 0 Å². The number of methoxy groups -OCH3 is 1. The summed E-state index contributed by atoms with van der Waals surface area (Å²) < 4.78 is 10.6. The Morgan fingerprint density at radius 3 is 2.84 bits per heavy atom. The van der Waals surface area contributed by atoms with Crippen molar-refractivity contribution in [2.24, 2.45) is 0 Å². The highest BCUT2D eigenvalue weighted by Crippen LogP contribution is 2.36. The Balaban J connectivity index is 2.76. The summed E-state index contributed by atoms with van der Waals surface area (Å²) >= 11 is 9.56. The average molecular weight is 345 g/mol. The van der Waals surface area contributed by atoms with Gasteiger partial charge in [0.05, 0.1) is 29.6 Å². The maximum absolute atomic E-state index is 11.9. The van der Waals surface area contributed by atoms with Crippen LogP contribution in [-0.4, -0.2) is 24.7 Å². The van der Waals surface area contributed by atoms with Crippen LogP contribution in [-0.2, 0) is 4.74 Å². The van der Waals surface area contributed by atoms with E-state index in [1.165, 1.54) is 7.11 Å². The van der Waals surface area contributed by atoms with Gasteiger partial charge in [0, 0.05) is 0 Å². The number of fused-ring (bicyclic) bond motifs is 1. The molecule has 2 aromatic rings. The SMILES string of the molecule is CCOC(=O)c1c(Br)nc2cccc(OC)c2c1Cl. The molecule has 100 valence electrons. The Hall–Kier alpha value is -1.33. The van der Waals surface area contributed by atoms with Crippen molar-refractivity contribution in [1.82, 2.24) is 4.98 Å². The molecule has 4 nitrogen and oxygen atoms in total. The topological polar surface area (TPSA) is 48.4 Å². The van der Waals surface area contributed by atoms with Crippen LogP contribution in [0.5, 0.6) is 5.75 Å². The molecule has 0 atom stereocenters. The molecule has 0 N–H and O–H groups in total. The number of rotatable bonds is 3. The molecule has 0 radical (unpaired) electrons. The van der Waals surface area contributed by atoms with Gasteiger partial charge in [-0.1, -0.05) is 17.7 Å². The standard InChI is InChI=1S/C13H11BrClNO3/c1-3-19-13(17)10-11(15)9-7(16-12(10)14)5-4-6-8(9)18-2/h4-6H,3H2,1-2H3. The predicted octanol–water partition coefficient (Wildman–Crippen LogP) is 3.84. The van der Waals surface area contributed by atoms with Gasteiger partial charge in [0.15, 0.2) is 0 Å². The van der Waals surface area contributed by atoms with E-state index in [1.807, 2.05) is 0 Å². The molecule has 0 fully saturated rings. The lowest BCUT2D eigenvalue weighted by Gasteiger charge is -2.11. The summed E-state index contributed by atoms with van der Waals surface area (Å²) in [5.41, 5.74) is 0.852. The molecule has 19 heavy (non-hydrogen) atoms. The molecule has 0 spiro atoms. The fourth-order valence-electron chi connectivity index (χ4n) is 1.76. The van der Waals surface area contributed by atoms with Gasteiger partial charge in [-0.05, 0) is 35.0 Å². The zero-order valence-corrected chi connectivity index (χ0v) is 12.7. The summed E-state index contributed by atoms with van der Waals surface area (Å²) in [7, 11) is 1.54. The molecular formula is C13H11BrClNO3. The lowest BCUT2D eigenvalue weighted by molar-refractivity contribution is 0.0525. The molecule has 6 heteroatoms. The predicted molar refractivity (Wildman–Crippen MR) is 77.0 cm³/mol. The third kappa shape index (κ3) is 2.53. The van der Waals surface area contributed by atoms with Crippen LogP contribution in [0.4, 0.5) is 0 Å². The van der Waals surface area contributed by atoms with Gasteiger partial charge >= 0.3 is 5.97 Å². The van der Waals surface area contributed by atoms with Crippen molar-refractivity contribution in [2.45, 2.75) is 6.92 Å². The maximum Gasteiger partial charge on any atom is 0.342 e. The molecular weight excluding hydrogens is 334 g/mol. The Labute approximate surface area is 123 Å². The first-order valence-corrected chi connectivity index (χ1v) is 6.76. The minimum Gasteiger partial charge on any atom is -0.496 e. The van der Waals surface area contributed by atoms with Crippen LogP contribution in [0.3, 0.4) is 0 Å². The van der Waals surface area contributed by atoms with E-state index in [0.717, 1.165) is 0 Å². The van der Waals surface area contributed by atoms with Crippen molar-refractivity contribution in [3.63, 3.8) is 0 Å². The van der Waals surface area contributed by atoms with E-state index < -0.39 is 5.97 Å². The first-order chi connectivity index (χ1) is 9.10. The second-order valence-electron chi connectivity index (χ2n) is 3.67. The lowest BCUT2D eigenvalue weighted by Crippen LogP contribution is -2.08. The number of carbonyl (C=O) groups excluding carboxylic acids is 1. The second kappa shape index (κ2) is 5.75. The van der Waals surface area contributed by atoms with E-state index in [-0.39, 0.29) is 17.2 Å². The molecule has 0 bridgehead atoms. The van der Waals surface area contributed by atoms with Gasteiger partial charge in [-0.25, -0.2) is 9.78 Å². The van der Waals surface area contributed by atoms with Crippen molar-refractivity contribution in [3.8, 4) is 5.75 Å². The number of carbonyl (C=O) groups is 1. The molecule has 0 unspecified atom stereocenters. The highest BCUT2D eigenvalue weighted by molar-refractivity contribution is 9.10. The van der Waals surface area contributed by atoms with Crippen molar-refractivity contribution in [1.29, 1.82) is 0 Å². The van der Waals surface area contributed by atoms with Crippen LogP contribution >= 0.6 is 27.5 Å². The van der Waals surface area contributed by atoms with Crippen molar-refractivity contribution in [3.05, 3.63) is 33.4 Å². The quantitative estimate of drug-likeness (QED) is 0.627. The number of aromatic nitrogens is 1. The van der Waals surface area contributed by atoms with Gasteiger partial charge in [0.2, 0.25) is 0 Å². The van der Waals surface area contributed by atoms with Gasteiger partial charge in [0.1, 0.15) is 15.9 Å². The fourth-order valence-corrected chi connectivity index (χ4v) is 2.78. The summed E-state index contributed by atoms with van der Waals surface area (Å²) in [6.07, 6.45) is 0. The Kier molecular flexibility index (Phi) is 4.27. The number of hydrogen-bond donors (Lipinski definition) is 0. The largest absolute Gasteiger partial charge is 0.496 e. The Bertz CT molecular complexity index is 645. The molecule has 0 aliphatic carbocycles. The lowest BCUT2D eigenvalue weighted by atomic mass is 10.1. The number of nitrogens with zero attached hydrogens (tertiary/aromatic N) is 1. The zero-order valence-electron chi connectivity index (χ0n) is 10.4. The third-order valence-corrected chi connectivity index (χ3v) is 3.52. The summed E-state index contributed by atoms with van der Waals surface area (Å²) in [4.78, 5) is 16.2. The minimum absolute atomic E-state index is 0.209. The van der Waals surface area contributed by atoms with Crippen LogP contribution in [0.15, 0.2) is 22.8 Å². The van der Waals surface area contributed by atoms with E-state index >= 15 is 0 Å².